The first-order valence-electron chi connectivity index (χ1n) is 8.77. The molecule has 26 heavy (non-hydrogen) atoms. The SMILES string of the molecule is CCn1c(=S)[nH]c2cc(C(=O)Nc3ccc4c(c3)CCC4)ccc2c1=O. The largest absolute Gasteiger partial charge is 0.332 e. The molecular formula is C20H19N3O2S. The molecule has 1 heterocycles. The van der Waals surface area contributed by atoms with Crippen LogP contribution in [-0.4, -0.2) is 15.5 Å². The number of nitrogens with one attached hydrogen (secondary N) is 2. The second kappa shape index (κ2) is 6.53. The van der Waals surface area contributed by atoms with Gasteiger partial charge in [0, 0.05) is 17.8 Å². The quantitative estimate of drug-likeness (QED) is 0.694. The van der Waals surface area contributed by atoms with Crippen LogP contribution in [0.1, 0.15) is 34.8 Å². The zero-order chi connectivity index (χ0) is 18.3. The summed E-state index contributed by atoms with van der Waals surface area (Å²) >= 11 is 5.23. The van der Waals surface area contributed by atoms with Gasteiger partial charge in [0.25, 0.3) is 11.5 Å². The van der Waals surface area contributed by atoms with Gasteiger partial charge in [-0.3, -0.25) is 14.2 Å². The van der Waals surface area contributed by atoms with Crippen molar-refractivity contribution in [2.24, 2.45) is 0 Å². The number of carbonyl (C=O) groups is 1. The monoisotopic (exact) mass is 365 g/mol. The first-order chi connectivity index (χ1) is 12.6. The van der Waals surface area contributed by atoms with E-state index in [0.29, 0.717) is 27.8 Å². The third-order valence-corrected chi connectivity index (χ3v) is 5.24. The minimum atomic E-state index is -0.205. The van der Waals surface area contributed by atoms with E-state index in [9.17, 15) is 9.59 Å². The number of hydrogen-bond donors (Lipinski definition) is 2. The molecule has 1 aromatic heterocycles. The molecule has 0 unspecified atom stereocenters. The third kappa shape index (κ3) is 2.86. The number of aromatic amines is 1. The number of anilines is 1. The van der Waals surface area contributed by atoms with Crippen LogP contribution in [0.2, 0.25) is 0 Å². The van der Waals surface area contributed by atoms with Crippen LogP contribution in [-0.2, 0) is 19.4 Å². The Labute approximate surface area is 155 Å². The second-order valence-corrected chi connectivity index (χ2v) is 6.92. The number of rotatable bonds is 3. The smallest absolute Gasteiger partial charge is 0.262 e. The van der Waals surface area contributed by atoms with Crippen LogP contribution in [0.15, 0.2) is 41.2 Å². The van der Waals surface area contributed by atoms with Crippen molar-refractivity contribution in [3.63, 3.8) is 0 Å². The van der Waals surface area contributed by atoms with Crippen molar-refractivity contribution in [3.8, 4) is 0 Å². The van der Waals surface area contributed by atoms with Crippen LogP contribution in [0.5, 0.6) is 0 Å². The van der Waals surface area contributed by atoms with Crippen molar-refractivity contribution in [1.82, 2.24) is 9.55 Å². The van der Waals surface area contributed by atoms with Crippen molar-refractivity contribution >= 4 is 34.7 Å². The molecule has 4 rings (SSSR count). The van der Waals surface area contributed by atoms with Gasteiger partial charge in [-0.15, -0.1) is 0 Å². The van der Waals surface area contributed by atoms with E-state index in [1.165, 1.54) is 22.1 Å². The van der Waals surface area contributed by atoms with E-state index in [2.05, 4.69) is 22.4 Å². The molecule has 0 aliphatic heterocycles. The lowest BCUT2D eigenvalue weighted by atomic mass is 10.1. The van der Waals surface area contributed by atoms with Crippen LogP contribution in [0.25, 0.3) is 10.9 Å². The molecule has 5 nitrogen and oxygen atoms in total. The summed E-state index contributed by atoms with van der Waals surface area (Å²) in [5.74, 6) is -0.205. The Morgan fingerprint density at radius 1 is 1.19 bits per heavy atom. The summed E-state index contributed by atoms with van der Waals surface area (Å²) in [5.41, 5.74) is 4.39. The van der Waals surface area contributed by atoms with Crippen LogP contribution in [0, 0.1) is 4.77 Å². The fourth-order valence-corrected chi connectivity index (χ4v) is 3.86. The maximum atomic E-state index is 12.6. The number of nitrogens with zero attached hydrogens (tertiary/aromatic N) is 1. The Kier molecular flexibility index (Phi) is 4.20. The van der Waals surface area contributed by atoms with Crippen molar-refractivity contribution < 1.29 is 4.79 Å². The average molecular weight is 365 g/mol. The Morgan fingerprint density at radius 2 is 2.00 bits per heavy atom. The molecular weight excluding hydrogens is 346 g/mol. The van der Waals surface area contributed by atoms with E-state index in [-0.39, 0.29) is 11.5 Å². The van der Waals surface area contributed by atoms with Crippen LogP contribution in [0.4, 0.5) is 5.69 Å². The number of fused-ring (bicyclic) bond motifs is 2. The molecule has 132 valence electrons. The molecule has 6 heteroatoms. The summed E-state index contributed by atoms with van der Waals surface area (Å²) in [6.07, 6.45) is 3.35. The molecule has 1 amide bonds. The molecule has 0 saturated carbocycles. The summed E-state index contributed by atoms with van der Waals surface area (Å²) in [6.45, 7) is 2.37. The van der Waals surface area contributed by atoms with Crippen LogP contribution < -0.4 is 10.9 Å². The number of amides is 1. The zero-order valence-electron chi connectivity index (χ0n) is 14.5. The molecule has 0 bridgehead atoms. The van der Waals surface area contributed by atoms with Gasteiger partial charge in [0.1, 0.15) is 0 Å². The van der Waals surface area contributed by atoms with Crippen molar-refractivity contribution in [3.05, 3.63) is 68.2 Å². The highest BCUT2D eigenvalue weighted by Crippen LogP contribution is 2.25. The van der Waals surface area contributed by atoms with Crippen molar-refractivity contribution in [2.45, 2.75) is 32.7 Å². The minimum Gasteiger partial charge on any atom is -0.332 e. The number of aromatic nitrogens is 2. The molecule has 0 saturated heterocycles. The highest BCUT2D eigenvalue weighted by molar-refractivity contribution is 7.71. The fraction of sp³-hybridized carbons (Fsp3) is 0.250. The molecule has 0 radical (unpaired) electrons. The Balaban J connectivity index is 1.67. The predicted octanol–water partition coefficient (Wildman–Crippen LogP) is 3.82. The molecule has 0 fully saturated rings. The first kappa shape index (κ1) is 16.7. The van der Waals surface area contributed by atoms with E-state index < -0.39 is 0 Å². The van der Waals surface area contributed by atoms with Gasteiger partial charge in [0.15, 0.2) is 4.77 Å². The molecule has 1 aliphatic rings. The highest BCUT2D eigenvalue weighted by Gasteiger charge is 2.13. The van der Waals surface area contributed by atoms with E-state index in [4.69, 9.17) is 12.2 Å². The van der Waals surface area contributed by atoms with E-state index in [0.717, 1.165) is 18.5 Å². The maximum Gasteiger partial charge on any atom is 0.262 e. The van der Waals surface area contributed by atoms with Gasteiger partial charge in [-0.05, 0) is 79.9 Å². The zero-order valence-corrected chi connectivity index (χ0v) is 15.3. The molecule has 1 aliphatic carbocycles. The lowest BCUT2D eigenvalue weighted by molar-refractivity contribution is 0.102. The Hall–Kier alpha value is -2.73. The van der Waals surface area contributed by atoms with Crippen molar-refractivity contribution in [1.29, 1.82) is 0 Å². The Bertz CT molecular complexity index is 1140. The summed E-state index contributed by atoms with van der Waals surface area (Å²) in [4.78, 5) is 28.1. The van der Waals surface area contributed by atoms with Gasteiger partial charge in [0.05, 0.1) is 10.9 Å². The number of hydrogen-bond acceptors (Lipinski definition) is 3. The lowest BCUT2D eigenvalue weighted by Crippen LogP contribution is -2.21. The molecule has 3 aromatic rings. The van der Waals surface area contributed by atoms with Crippen LogP contribution in [0.3, 0.4) is 0 Å². The first-order valence-corrected chi connectivity index (χ1v) is 9.17. The van der Waals surface area contributed by atoms with E-state index in [1.54, 1.807) is 18.2 Å². The highest BCUT2D eigenvalue weighted by atomic mass is 32.1. The summed E-state index contributed by atoms with van der Waals surface area (Å²) in [7, 11) is 0. The second-order valence-electron chi connectivity index (χ2n) is 6.53. The summed E-state index contributed by atoms with van der Waals surface area (Å²) in [5, 5.41) is 3.46. The molecule has 0 spiro atoms. The fourth-order valence-electron chi connectivity index (χ4n) is 3.54. The number of benzene rings is 2. The summed E-state index contributed by atoms with van der Waals surface area (Å²) < 4.78 is 1.86. The van der Waals surface area contributed by atoms with Gasteiger partial charge in [-0.25, -0.2) is 0 Å². The van der Waals surface area contributed by atoms with Crippen LogP contribution >= 0.6 is 12.2 Å². The Morgan fingerprint density at radius 3 is 2.81 bits per heavy atom. The normalized spacial score (nSPS) is 13.0. The van der Waals surface area contributed by atoms with Gasteiger partial charge in [-0.2, -0.15) is 0 Å². The van der Waals surface area contributed by atoms with Gasteiger partial charge in [-0.1, -0.05) is 6.07 Å². The predicted molar refractivity (Wildman–Crippen MR) is 105 cm³/mol. The van der Waals surface area contributed by atoms with Gasteiger partial charge in [0.2, 0.25) is 0 Å². The average Bonchev–Trinajstić information content (AvgIpc) is 3.09. The van der Waals surface area contributed by atoms with E-state index >= 15 is 0 Å². The van der Waals surface area contributed by atoms with Crippen molar-refractivity contribution in [2.75, 3.05) is 5.32 Å². The molecule has 0 atom stereocenters. The summed E-state index contributed by atoms with van der Waals surface area (Å²) in [6, 6.07) is 11.1. The topological polar surface area (TPSA) is 66.9 Å². The number of aryl methyl sites for hydroxylation is 2. The van der Waals surface area contributed by atoms with Gasteiger partial charge < -0.3 is 10.3 Å². The standard InChI is InChI=1S/C20H19N3O2S/c1-2-23-19(25)16-9-7-14(11-17(16)22-20(23)26)18(24)21-15-8-6-12-4-3-5-13(12)10-15/h6-11H,2-5H2,1H3,(H,21,24)(H,22,26). The third-order valence-electron chi connectivity index (χ3n) is 4.92. The minimum absolute atomic E-state index is 0.142. The van der Waals surface area contributed by atoms with E-state index in [1.807, 2.05) is 13.0 Å². The number of H-pyrrole nitrogens is 1. The maximum absolute atomic E-state index is 12.6. The van der Waals surface area contributed by atoms with Gasteiger partial charge >= 0.3 is 0 Å². The lowest BCUT2D eigenvalue weighted by Gasteiger charge is -2.09. The molecule has 2 aromatic carbocycles. The number of carbonyl (C=O) groups excluding carboxylic acids is 1. The molecule has 2 N–H and O–H groups in total.